The summed E-state index contributed by atoms with van der Waals surface area (Å²) in [7, 11) is 2.90. The SMILES string of the molecule is CNC(=O)Oc1c(Oc2ccccc2)c(Oc2ccccc2)c(OC(=O)NC)c2ccccc12. The average molecular weight is 458 g/mol. The van der Waals surface area contributed by atoms with E-state index in [2.05, 4.69) is 10.6 Å². The summed E-state index contributed by atoms with van der Waals surface area (Å²) in [6.45, 7) is 0. The second-order valence-corrected chi connectivity index (χ2v) is 6.97. The van der Waals surface area contributed by atoms with Crippen LogP contribution in [0.5, 0.6) is 34.5 Å². The van der Waals surface area contributed by atoms with Crippen LogP contribution >= 0.6 is 0 Å². The molecule has 4 aromatic rings. The molecular formula is C26H22N2O6. The Kier molecular flexibility index (Phi) is 6.78. The molecule has 2 amide bonds. The lowest BCUT2D eigenvalue weighted by molar-refractivity contribution is 0.198. The Hall–Kier alpha value is -4.72. The van der Waals surface area contributed by atoms with E-state index in [0.717, 1.165) is 0 Å². The summed E-state index contributed by atoms with van der Waals surface area (Å²) in [5.41, 5.74) is 0. The smallest absolute Gasteiger partial charge is 0.412 e. The molecule has 4 rings (SSSR count). The number of benzene rings is 4. The van der Waals surface area contributed by atoms with Crippen LogP contribution in [0.3, 0.4) is 0 Å². The van der Waals surface area contributed by atoms with Gasteiger partial charge in [0.1, 0.15) is 11.5 Å². The maximum Gasteiger partial charge on any atom is 0.412 e. The van der Waals surface area contributed by atoms with E-state index < -0.39 is 12.2 Å². The van der Waals surface area contributed by atoms with Crippen molar-refractivity contribution in [3.8, 4) is 34.5 Å². The van der Waals surface area contributed by atoms with Gasteiger partial charge in [0.15, 0.2) is 11.5 Å². The number of amides is 2. The zero-order chi connectivity index (χ0) is 23.9. The fourth-order valence-electron chi connectivity index (χ4n) is 3.22. The number of ether oxygens (including phenoxy) is 4. The largest absolute Gasteiger partial charge is 0.449 e. The summed E-state index contributed by atoms with van der Waals surface area (Å²) in [5.74, 6) is 1.27. The lowest BCUT2D eigenvalue weighted by Gasteiger charge is -2.21. The molecule has 4 aromatic carbocycles. The Morgan fingerprint density at radius 3 is 1.24 bits per heavy atom. The molecule has 0 atom stereocenters. The summed E-state index contributed by atoms with van der Waals surface area (Å²) in [4.78, 5) is 24.6. The number of para-hydroxylation sites is 2. The molecule has 0 heterocycles. The highest BCUT2D eigenvalue weighted by molar-refractivity contribution is 6.01. The van der Waals surface area contributed by atoms with Gasteiger partial charge in [0.05, 0.1) is 0 Å². The van der Waals surface area contributed by atoms with E-state index in [1.165, 1.54) is 14.1 Å². The van der Waals surface area contributed by atoms with Gasteiger partial charge >= 0.3 is 12.2 Å². The zero-order valence-electron chi connectivity index (χ0n) is 18.5. The molecule has 8 nitrogen and oxygen atoms in total. The third kappa shape index (κ3) is 4.86. The number of hydrogen-bond donors (Lipinski definition) is 2. The molecule has 0 aliphatic rings. The Bertz CT molecular complexity index is 1210. The number of carbonyl (C=O) groups is 2. The van der Waals surface area contributed by atoms with Crippen LogP contribution in [-0.2, 0) is 0 Å². The summed E-state index contributed by atoms with van der Waals surface area (Å²) in [6.07, 6.45) is -1.40. The minimum Gasteiger partial charge on any atom is -0.449 e. The van der Waals surface area contributed by atoms with Crippen LogP contribution in [0.1, 0.15) is 0 Å². The predicted octanol–water partition coefficient (Wildman–Crippen LogP) is 5.86. The van der Waals surface area contributed by atoms with Gasteiger partial charge in [-0.25, -0.2) is 9.59 Å². The summed E-state index contributed by atoms with van der Waals surface area (Å²) in [6, 6.07) is 24.9. The second-order valence-electron chi connectivity index (χ2n) is 6.97. The van der Waals surface area contributed by atoms with Gasteiger partial charge in [-0.3, -0.25) is 0 Å². The second kappa shape index (κ2) is 10.3. The van der Waals surface area contributed by atoms with Crippen molar-refractivity contribution in [1.29, 1.82) is 0 Å². The van der Waals surface area contributed by atoms with E-state index in [4.69, 9.17) is 18.9 Å². The predicted molar refractivity (Wildman–Crippen MR) is 127 cm³/mol. The number of fused-ring (bicyclic) bond motifs is 1. The number of hydrogen-bond acceptors (Lipinski definition) is 6. The molecule has 0 radical (unpaired) electrons. The van der Waals surface area contributed by atoms with Crippen LogP contribution in [0.15, 0.2) is 84.9 Å². The monoisotopic (exact) mass is 458 g/mol. The summed E-state index contributed by atoms with van der Waals surface area (Å²) in [5, 5.41) is 5.85. The van der Waals surface area contributed by atoms with E-state index in [-0.39, 0.29) is 23.0 Å². The molecule has 0 saturated heterocycles. The van der Waals surface area contributed by atoms with Crippen molar-refractivity contribution < 1.29 is 28.5 Å². The van der Waals surface area contributed by atoms with Crippen molar-refractivity contribution in [2.45, 2.75) is 0 Å². The molecule has 0 unspecified atom stereocenters. The molecule has 0 spiro atoms. The van der Waals surface area contributed by atoms with Crippen molar-refractivity contribution in [2.24, 2.45) is 0 Å². The van der Waals surface area contributed by atoms with E-state index >= 15 is 0 Å². The highest BCUT2D eigenvalue weighted by Gasteiger charge is 2.28. The van der Waals surface area contributed by atoms with Crippen molar-refractivity contribution in [2.75, 3.05) is 14.1 Å². The first kappa shape index (κ1) is 22.5. The van der Waals surface area contributed by atoms with E-state index in [0.29, 0.717) is 22.3 Å². The standard InChI is InChI=1S/C26H22N2O6/c1-27-25(29)33-21-19-15-9-10-16-20(19)22(34-26(30)28-2)24(32-18-13-7-4-8-14-18)23(21)31-17-11-5-3-6-12-17/h3-16H,1-2H3,(H,27,29)(H,28,30). The average Bonchev–Trinajstić information content (AvgIpc) is 2.88. The van der Waals surface area contributed by atoms with Gasteiger partial charge in [-0.1, -0.05) is 60.7 Å². The van der Waals surface area contributed by atoms with Gasteiger partial charge in [-0.15, -0.1) is 0 Å². The molecule has 8 heteroatoms. The molecule has 0 aliphatic heterocycles. The van der Waals surface area contributed by atoms with Gasteiger partial charge in [0.25, 0.3) is 0 Å². The van der Waals surface area contributed by atoms with Crippen LogP contribution in [0.2, 0.25) is 0 Å². The molecular weight excluding hydrogens is 436 g/mol. The van der Waals surface area contributed by atoms with Crippen LogP contribution in [-0.4, -0.2) is 26.3 Å². The van der Waals surface area contributed by atoms with Gasteiger partial charge in [-0.2, -0.15) is 0 Å². The first-order valence-electron chi connectivity index (χ1n) is 10.4. The molecule has 2 N–H and O–H groups in total. The van der Waals surface area contributed by atoms with E-state index in [9.17, 15) is 9.59 Å². The lowest BCUT2D eigenvalue weighted by atomic mass is 10.1. The Morgan fingerprint density at radius 1 is 0.529 bits per heavy atom. The van der Waals surface area contributed by atoms with E-state index in [1.54, 1.807) is 72.8 Å². The van der Waals surface area contributed by atoms with Crippen LogP contribution in [0.4, 0.5) is 9.59 Å². The normalized spacial score (nSPS) is 10.3. The Labute approximate surface area is 196 Å². The van der Waals surface area contributed by atoms with Crippen molar-refractivity contribution >= 4 is 23.0 Å². The van der Waals surface area contributed by atoms with Crippen molar-refractivity contribution in [3.63, 3.8) is 0 Å². The topological polar surface area (TPSA) is 95.1 Å². The van der Waals surface area contributed by atoms with E-state index in [1.807, 2.05) is 12.1 Å². The minimum atomic E-state index is -0.700. The first-order valence-corrected chi connectivity index (χ1v) is 10.4. The van der Waals surface area contributed by atoms with Crippen LogP contribution in [0.25, 0.3) is 10.8 Å². The maximum atomic E-state index is 12.3. The Balaban J connectivity index is 2.03. The van der Waals surface area contributed by atoms with Gasteiger partial charge in [0.2, 0.25) is 11.5 Å². The van der Waals surface area contributed by atoms with Gasteiger partial charge in [0, 0.05) is 24.9 Å². The zero-order valence-corrected chi connectivity index (χ0v) is 18.5. The summed E-state index contributed by atoms with van der Waals surface area (Å²) >= 11 is 0. The first-order chi connectivity index (χ1) is 16.6. The molecule has 0 saturated carbocycles. The van der Waals surface area contributed by atoms with Gasteiger partial charge < -0.3 is 29.6 Å². The lowest BCUT2D eigenvalue weighted by Crippen LogP contribution is -2.23. The molecule has 34 heavy (non-hydrogen) atoms. The maximum absolute atomic E-state index is 12.3. The van der Waals surface area contributed by atoms with Gasteiger partial charge in [-0.05, 0) is 24.3 Å². The minimum absolute atomic E-state index is 0.0660. The molecule has 172 valence electrons. The summed E-state index contributed by atoms with van der Waals surface area (Å²) < 4.78 is 23.6. The molecule has 0 fully saturated rings. The Morgan fingerprint density at radius 2 is 0.882 bits per heavy atom. The number of carbonyl (C=O) groups excluding carboxylic acids is 2. The molecule has 0 aromatic heterocycles. The fourth-order valence-corrected chi connectivity index (χ4v) is 3.22. The van der Waals surface area contributed by atoms with Crippen molar-refractivity contribution in [3.05, 3.63) is 84.9 Å². The molecule has 0 aliphatic carbocycles. The quantitative estimate of drug-likeness (QED) is 0.376. The number of rotatable bonds is 6. The van der Waals surface area contributed by atoms with Crippen LogP contribution in [0, 0.1) is 0 Å². The third-order valence-electron chi connectivity index (χ3n) is 4.76. The van der Waals surface area contributed by atoms with Crippen LogP contribution < -0.4 is 29.6 Å². The highest BCUT2D eigenvalue weighted by Crippen LogP contribution is 2.54. The fraction of sp³-hybridized carbons (Fsp3) is 0.0769. The number of nitrogens with one attached hydrogen (secondary N) is 2. The third-order valence-corrected chi connectivity index (χ3v) is 4.76. The molecule has 0 bridgehead atoms. The van der Waals surface area contributed by atoms with Crippen molar-refractivity contribution in [1.82, 2.24) is 10.6 Å². The highest BCUT2D eigenvalue weighted by atomic mass is 16.6.